The van der Waals surface area contributed by atoms with Crippen LogP contribution in [-0.4, -0.2) is 49.3 Å². The van der Waals surface area contributed by atoms with Gasteiger partial charge in [-0.05, 0) is 64.2 Å². The van der Waals surface area contributed by atoms with Crippen molar-refractivity contribution in [1.82, 2.24) is 0 Å². The van der Waals surface area contributed by atoms with Gasteiger partial charge in [-0.1, -0.05) is 311 Å². The Labute approximate surface area is 482 Å². The second-order valence-corrected chi connectivity index (χ2v) is 23.4. The Morgan fingerprint density at radius 1 is 0.397 bits per heavy atom. The zero-order valence-corrected chi connectivity index (χ0v) is 51.8. The highest BCUT2D eigenvalue weighted by Gasteiger charge is 2.26. The normalized spacial score (nSPS) is 13.4. The van der Waals surface area contributed by atoms with Crippen LogP contribution in [0.2, 0.25) is 0 Å². The number of carbonyl (C=O) groups excluding carboxylic acids is 2. The van der Waals surface area contributed by atoms with Gasteiger partial charge in [-0.25, -0.2) is 4.57 Å². The number of unbranched alkanes of at least 4 members (excludes halogenated alkanes) is 37. The molecule has 0 aromatic rings. The number of hydrogen-bond acceptors (Lipinski definition) is 8. The van der Waals surface area contributed by atoms with Crippen molar-refractivity contribution in [2.24, 2.45) is 5.73 Å². The fourth-order valence-electron chi connectivity index (χ4n) is 9.53. The first-order valence-electron chi connectivity index (χ1n) is 32.9. The maximum atomic E-state index is 12.7. The van der Waals surface area contributed by atoms with E-state index in [0.717, 1.165) is 83.5 Å². The van der Waals surface area contributed by atoms with Crippen LogP contribution in [0, 0.1) is 0 Å². The molecule has 0 saturated heterocycles. The highest BCUT2D eigenvalue weighted by molar-refractivity contribution is 7.47. The third-order valence-electron chi connectivity index (χ3n) is 14.4. The summed E-state index contributed by atoms with van der Waals surface area (Å²) in [5, 5.41) is 0. The number of ether oxygens (including phenoxy) is 2. The molecule has 0 fully saturated rings. The molecule has 2 atom stereocenters. The molecule has 3 N–H and O–H groups in total. The second kappa shape index (κ2) is 63.6. The third-order valence-corrected chi connectivity index (χ3v) is 15.3. The van der Waals surface area contributed by atoms with E-state index in [1.165, 1.54) is 199 Å². The average molecular weight is 1110 g/mol. The van der Waals surface area contributed by atoms with Crippen LogP contribution in [0.25, 0.3) is 0 Å². The highest BCUT2D eigenvalue weighted by Crippen LogP contribution is 2.43. The number of rotatable bonds is 62. The van der Waals surface area contributed by atoms with E-state index in [1.807, 2.05) is 0 Å². The Hall–Kier alpha value is -2.55. The minimum absolute atomic E-state index is 0.0515. The van der Waals surface area contributed by atoms with Crippen LogP contribution in [0.3, 0.4) is 0 Å². The van der Waals surface area contributed by atoms with Crippen LogP contribution in [0.5, 0.6) is 0 Å². The number of hydrogen-bond donors (Lipinski definition) is 2. The monoisotopic (exact) mass is 1110 g/mol. The fourth-order valence-corrected chi connectivity index (χ4v) is 10.3. The Bertz CT molecular complexity index is 1510. The molecule has 0 aliphatic rings. The molecule has 0 heterocycles. The van der Waals surface area contributed by atoms with Gasteiger partial charge in [0.1, 0.15) is 6.61 Å². The summed E-state index contributed by atoms with van der Waals surface area (Å²) in [7, 11) is -4.39. The minimum Gasteiger partial charge on any atom is -0.462 e. The Morgan fingerprint density at radius 3 is 1.05 bits per heavy atom. The smallest absolute Gasteiger partial charge is 0.462 e. The predicted octanol–water partition coefficient (Wildman–Crippen LogP) is 21.2. The second-order valence-electron chi connectivity index (χ2n) is 22.0. The molecule has 454 valence electrons. The Kier molecular flexibility index (Phi) is 61.5. The van der Waals surface area contributed by atoms with Gasteiger partial charge < -0.3 is 20.1 Å². The van der Waals surface area contributed by atoms with Crippen molar-refractivity contribution in [3.05, 3.63) is 72.9 Å². The first-order valence-corrected chi connectivity index (χ1v) is 34.4. The van der Waals surface area contributed by atoms with Crippen LogP contribution in [0.15, 0.2) is 72.9 Å². The molecule has 0 rings (SSSR count). The molecule has 2 unspecified atom stereocenters. The lowest BCUT2D eigenvalue weighted by molar-refractivity contribution is -0.161. The quantitative estimate of drug-likeness (QED) is 0.0264. The van der Waals surface area contributed by atoms with E-state index in [4.69, 9.17) is 24.3 Å². The molecule has 0 radical (unpaired) electrons. The lowest BCUT2D eigenvalue weighted by Crippen LogP contribution is -2.29. The van der Waals surface area contributed by atoms with Crippen LogP contribution in [0.4, 0.5) is 0 Å². The van der Waals surface area contributed by atoms with Gasteiger partial charge in [0.05, 0.1) is 13.2 Å². The highest BCUT2D eigenvalue weighted by atomic mass is 31.2. The summed E-state index contributed by atoms with van der Waals surface area (Å²) in [6.45, 7) is 3.67. The largest absolute Gasteiger partial charge is 0.472 e. The average Bonchev–Trinajstić information content (AvgIpc) is 3.43. The summed E-state index contributed by atoms with van der Waals surface area (Å²) >= 11 is 0. The molecule has 0 bridgehead atoms. The molecule has 0 aromatic carbocycles. The first-order chi connectivity index (χ1) is 38.3. The number of phosphoric acid groups is 1. The molecule has 0 aromatic heterocycles. The van der Waals surface area contributed by atoms with Gasteiger partial charge in [-0.3, -0.25) is 18.6 Å². The topological polar surface area (TPSA) is 134 Å². The van der Waals surface area contributed by atoms with Gasteiger partial charge in [0.15, 0.2) is 6.10 Å². The van der Waals surface area contributed by atoms with Gasteiger partial charge >= 0.3 is 19.8 Å². The van der Waals surface area contributed by atoms with E-state index < -0.39 is 26.5 Å². The summed E-state index contributed by atoms with van der Waals surface area (Å²) in [5.41, 5.74) is 5.40. The van der Waals surface area contributed by atoms with Gasteiger partial charge in [-0.2, -0.15) is 0 Å². The summed E-state index contributed by atoms with van der Waals surface area (Å²) in [4.78, 5) is 35.3. The summed E-state index contributed by atoms with van der Waals surface area (Å²) < 4.78 is 33.1. The summed E-state index contributed by atoms with van der Waals surface area (Å²) in [6, 6.07) is 0. The molecule has 9 nitrogen and oxygen atoms in total. The lowest BCUT2D eigenvalue weighted by Gasteiger charge is -2.19. The first kappa shape index (κ1) is 75.5. The van der Waals surface area contributed by atoms with Gasteiger partial charge in [0.2, 0.25) is 0 Å². The zero-order valence-electron chi connectivity index (χ0n) is 50.9. The maximum Gasteiger partial charge on any atom is 0.472 e. The molecule has 0 aliphatic heterocycles. The van der Waals surface area contributed by atoms with E-state index >= 15 is 0 Å². The van der Waals surface area contributed by atoms with Crippen molar-refractivity contribution in [3.8, 4) is 0 Å². The van der Waals surface area contributed by atoms with E-state index in [2.05, 4.69) is 86.8 Å². The van der Waals surface area contributed by atoms with Crippen molar-refractivity contribution < 1.29 is 37.6 Å². The van der Waals surface area contributed by atoms with Crippen molar-refractivity contribution in [1.29, 1.82) is 0 Å². The zero-order chi connectivity index (χ0) is 56.6. The van der Waals surface area contributed by atoms with E-state index in [1.54, 1.807) is 0 Å². The minimum atomic E-state index is -4.39. The third kappa shape index (κ3) is 62.6. The number of esters is 2. The molecular weight excluding hydrogens is 990 g/mol. The summed E-state index contributed by atoms with van der Waals surface area (Å²) in [5.74, 6) is -0.821. The maximum absolute atomic E-state index is 12.7. The number of phosphoric ester groups is 1. The molecule has 0 aliphatic carbocycles. The van der Waals surface area contributed by atoms with Crippen LogP contribution < -0.4 is 5.73 Å². The molecule has 0 amide bonds. The van der Waals surface area contributed by atoms with Crippen molar-refractivity contribution >= 4 is 19.8 Å². The number of nitrogens with two attached hydrogens (primary N) is 1. The lowest BCUT2D eigenvalue weighted by atomic mass is 10.0. The van der Waals surface area contributed by atoms with Crippen molar-refractivity contribution in [2.75, 3.05) is 26.4 Å². The Balaban J connectivity index is 3.91. The fraction of sp³-hybridized carbons (Fsp3) is 0.794. The molecule has 0 saturated carbocycles. The van der Waals surface area contributed by atoms with E-state index in [-0.39, 0.29) is 38.6 Å². The van der Waals surface area contributed by atoms with Crippen molar-refractivity contribution in [3.63, 3.8) is 0 Å². The van der Waals surface area contributed by atoms with E-state index in [9.17, 15) is 19.0 Å². The van der Waals surface area contributed by atoms with Crippen molar-refractivity contribution in [2.45, 2.75) is 322 Å². The standard InChI is InChI=1S/C68H124NO8P/c1-3-5-7-9-11-13-15-17-19-21-23-25-27-29-31-33-35-37-39-41-43-45-47-49-51-53-55-57-59-61-68(71)77-66(65-76-78(72,73)75-63-62-69)64-74-67(70)60-58-56-54-52-50-48-46-44-42-40-38-36-34-32-30-28-26-24-22-20-18-16-14-12-10-8-6-4-2/h5,7,11,13,17,19,23,25,29,31,35,37,66H,3-4,6,8-10,12,14-16,18,20-22,24,26-28,30,32-34,36,38-65,69H2,1-2H3,(H,72,73)/b7-5-,13-11-,19-17-,25-23-,31-29-,37-35-. The molecule has 10 heteroatoms. The number of allylic oxidation sites excluding steroid dienone is 12. The Morgan fingerprint density at radius 2 is 0.705 bits per heavy atom. The molecule has 78 heavy (non-hydrogen) atoms. The van der Waals surface area contributed by atoms with Crippen LogP contribution in [-0.2, 0) is 32.7 Å². The van der Waals surface area contributed by atoms with E-state index in [0.29, 0.717) is 6.42 Å². The van der Waals surface area contributed by atoms with Crippen LogP contribution >= 0.6 is 7.82 Å². The molecular formula is C68H124NO8P. The van der Waals surface area contributed by atoms with Gasteiger partial charge in [0, 0.05) is 19.4 Å². The summed E-state index contributed by atoms with van der Waals surface area (Å²) in [6.07, 6.45) is 82.7. The molecule has 0 spiro atoms. The SMILES string of the molecule is CC/C=C\C/C=C\C/C=C\C/C=C\C/C=C\C/C=C\CCCCCCCCCCCCC(=O)OC(COC(=O)CCCCCCCCCCCCCCCCCCCCCCCCCCCCCC)COP(=O)(O)OCCN. The van der Waals surface area contributed by atoms with Crippen LogP contribution in [0.1, 0.15) is 316 Å². The van der Waals surface area contributed by atoms with Gasteiger partial charge in [-0.15, -0.1) is 0 Å². The predicted molar refractivity (Wildman–Crippen MR) is 335 cm³/mol. The van der Waals surface area contributed by atoms with Gasteiger partial charge in [0.25, 0.3) is 0 Å². The number of carbonyl (C=O) groups is 2.